The van der Waals surface area contributed by atoms with Crippen LogP contribution in [0.5, 0.6) is 5.75 Å². The van der Waals surface area contributed by atoms with Gasteiger partial charge in [-0.3, -0.25) is 4.79 Å². The maximum atomic E-state index is 12.3. The highest BCUT2D eigenvalue weighted by molar-refractivity contribution is 5.85. The highest BCUT2D eigenvalue weighted by Gasteiger charge is 2.27. The van der Waals surface area contributed by atoms with Crippen molar-refractivity contribution in [3.05, 3.63) is 29.8 Å². The zero-order chi connectivity index (χ0) is 16.1. The lowest BCUT2D eigenvalue weighted by Gasteiger charge is -2.34. The van der Waals surface area contributed by atoms with E-state index in [4.69, 9.17) is 10.5 Å². The molecule has 0 bridgehead atoms. The van der Waals surface area contributed by atoms with Crippen LogP contribution in [-0.2, 0) is 11.2 Å². The Kier molecular flexibility index (Phi) is 7.86. The molecule has 1 heterocycles. The molecule has 2 atom stereocenters. The first-order valence-electron chi connectivity index (χ1n) is 8.19. The number of ether oxygens (including phenoxy) is 1. The molecule has 1 fully saturated rings. The molecule has 1 aromatic carbocycles. The second kappa shape index (κ2) is 9.14. The lowest BCUT2D eigenvalue weighted by atomic mass is 9.89. The maximum absolute atomic E-state index is 12.3. The van der Waals surface area contributed by atoms with Gasteiger partial charge in [-0.25, -0.2) is 0 Å². The number of amides is 1. The van der Waals surface area contributed by atoms with Crippen molar-refractivity contribution >= 4 is 18.3 Å². The van der Waals surface area contributed by atoms with Crippen LogP contribution in [0.3, 0.4) is 0 Å². The van der Waals surface area contributed by atoms with Gasteiger partial charge in [0.05, 0.1) is 13.0 Å². The summed E-state index contributed by atoms with van der Waals surface area (Å²) in [5, 5.41) is 0. The van der Waals surface area contributed by atoms with Gasteiger partial charge in [0.2, 0.25) is 5.91 Å². The van der Waals surface area contributed by atoms with E-state index in [1.54, 1.807) is 7.11 Å². The summed E-state index contributed by atoms with van der Waals surface area (Å²) in [5.41, 5.74) is 7.11. The molecule has 0 radical (unpaired) electrons. The van der Waals surface area contributed by atoms with E-state index in [1.807, 2.05) is 30.9 Å². The molecule has 1 amide bonds. The highest BCUT2D eigenvalue weighted by atomic mass is 35.5. The van der Waals surface area contributed by atoms with Crippen molar-refractivity contribution in [2.75, 3.05) is 20.2 Å². The first-order valence-corrected chi connectivity index (χ1v) is 8.19. The molecule has 2 N–H and O–H groups in total. The second-order valence-electron chi connectivity index (χ2n) is 6.43. The molecule has 5 heteroatoms. The van der Waals surface area contributed by atoms with E-state index >= 15 is 0 Å². The molecule has 1 aliphatic rings. The van der Waals surface area contributed by atoms with Crippen molar-refractivity contribution in [1.82, 2.24) is 4.90 Å². The first kappa shape index (κ1) is 19.8. The Hall–Kier alpha value is -1.26. The third-order valence-electron chi connectivity index (χ3n) is 4.81. The minimum Gasteiger partial charge on any atom is -0.496 e. The molecule has 1 aliphatic heterocycles. The zero-order valence-corrected chi connectivity index (χ0v) is 15.1. The van der Waals surface area contributed by atoms with Crippen molar-refractivity contribution in [2.24, 2.45) is 17.6 Å². The number of benzene rings is 1. The van der Waals surface area contributed by atoms with Crippen LogP contribution in [0.2, 0.25) is 0 Å². The molecule has 0 aliphatic carbocycles. The summed E-state index contributed by atoms with van der Waals surface area (Å²) >= 11 is 0. The first-order chi connectivity index (χ1) is 10.5. The number of carbonyl (C=O) groups excluding carboxylic acids is 1. The van der Waals surface area contributed by atoms with Gasteiger partial charge in [0.25, 0.3) is 0 Å². The predicted molar refractivity (Wildman–Crippen MR) is 96.1 cm³/mol. The molecular weight excluding hydrogens is 312 g/mol. The van der Waals surface area contributed by atoms with Crippen molar-refractivity contribution in [1.29, 1.82) is 0 Å². The van der Waals surface area contributed by atoms with Gasteiger partial charge in [0.15, 0.2) is 0 Å². The molecular formula is C18H29ClN2O2. The van der Waals surface area contributed by atoms with Crippen molar-refractivity contribution in [3.63, 3.8) is 0 Å². The third-order valence-corrected chi connectivity index (χ3v) is 4.81. The number of piperidine rings is 1. The predicted octanol–water partition coefficient (Wildman–Crippen LogP) is 2.88. The minimum atomic E-state index is -0.0919. The SMILES string of the molecule is COc1ccccc1CC1CCN(C(=O)C(C)C(C)N)CC1.Cl. The zero-order valence-electron chi connectivity index (χ0n) is 14.3. The number of hydrogen-bond donors (Lipinski definition) is 1. The standard InChI is InChI=1S/C18H28N2O2.ClH/c1-13(14(2)19)18(21)20-10-8-15(9-11-20)12-16-6-4-5-7-17(16)22-3;/h4-7,13-15H,8-12,19H2,1-3H3;1H. The lowest BCUT2D eigenvalue weighted by Crippen LogP contribution is -2.45. The van der Waals surface area contributed by atoms with Crippen molar-refractivity contribution in [2.45, 2.75) is 39.2 Å². The van der Waals surface area contributed by atoms with E-state index in [9.17, 15) is 4.79 Å². The molecule has 23 heavy (non-hydrogen) atoms. The monoisotopic (exact) mass is 340 g/mol. The summed E-state index contributed by atoms with van der Waals surface area (Å²) in [6, 6.07) is 8.12. The van der Waals surface area contributed by atoms with E-state index in [0.29, 0.717) is 5.92 Å². The Labute approximate surface area is 145 Å². The molecule has 0 aromatic heterocycles. The molecule has 2 rings (SSSR count). The average Bonchev–Trinajstić information content (AvgIpc) is 2.54. The van der Waals surface area contributed by atoms with Gasteiger partial charge in [0, 0.05) is 19.1 Å². The summed E-state index contributed by atoms with van der Waals surface area (Å²) < 4.78 is 5.43. The summed E-state index contributed by atoms with van der Waals surface area (Å²) in [6.45, 7) is 5.51. The average molecular weight is 341 g/mol. The number of para-hydroxylation sites is 1. The number of carbonyl (C=O) groups is 1. The number of halogens is 1. The topological polar surface area (TPSA) is 55.6 Å². The number of methoxy groups -OCH3 is 1. The van der Waals surface area contributed by atoms with Gasteiger partial charge >= 0.3 is 0 Å². The van der Waals surface area contributed by atoms with Crippen molar-refractivity contribution < 1.29 is 9.53 Å². The van der Waals surface area contributed by atoms with Gasteiger partial charge in [-0.05, 0) is 43.7 Å². The molecule has 0 saturated carbocycles. The molecule has 1 saturated heterocycles. The van der Waals surface area contributed by atoms with Gasteiger partial charge in [-0.1, -0.05) is 25.1 Å². The summed E-state index contributed by atoms with van der Waals surface area (Å²) in [4.78, 5) is 14.3. The van der Waals surface area contributed by atoms with Crippen LogP contribution >= 0.6 is 12.4 Å². The van der Waals surface area contributed by atoms with E-state index in [2.05, 4.69) is 12.1 Å². The largest absolute Gasteiger partial charge is 0.496 e. The fourth-order valence-electron chi connectivity index (χ4n) is 3.05. The van der Waals surface area contributed by atoms with Crippen LogP contribution in [0.15, 0.2) is 24.3 Å². The van der Waals surface area contributed by atoms with Crippen molar-refractivity contribution in [3.8, 4) is 5.75 Å². The smallest absolute Gasteiger partial charge is 0.226 e. The van der Waals surface area contributed by atoms with Crippen LogP contribution in [0.4, 0.5) is 0 Å². The minimum absolute atomic E-state index is 0. The van der Waals surface area contributed by atoms with Gasteiger partial charge < -0.3 is 15.4 Å². The fraction of sp³-hybridized carbons (Fsp3) is 0.611. The van der Waals surface area contributed by atoms with Crippen LogP contribution in [0.1, 0.15) is 32.3 Å². The Morgan fingerprint density at radius 1 is 1.30 bits per heavy atom. The van der Waals surface area contributed by atoms with Crippen LogP contribution < -0.4 is 10.5 Å². The number of nitrogens with two attached hydrogens (primary N) is 1. The number of hydrogen-bond acceptors (Lipinski definition) is 3. The second-order valence-corrected chi connectivity index (χ2v) is 6.43. The molecule has 0 spiro atoms. The van der Waals surface area contributed by atoms with E-state index in [-0.39, 0.29) is 30.3 Å². The Bertz CT molecular complexity index is 500. The van der Waals surface area contributed by atoms with E-state index in [1.165, 1.54) is 5.56 Å². The van der Waals surface area contributed by atoms with Gasteiger partial charge in [-0.15, -0.1) is 12.4 Å². The molecule has 1 aromatic rings. The molecule has 130 valence electrons. The van der Waals surface area contributed by atoms with Gasteiger partial charge in [-0.2, -0.15) is 0 Å². The maximum Gasteiger partial charge on any atom is 0.226 e. The fourth-order valence-corrected chi connectivity index (χ4v) is 3.05. The lowest BCUT2D eigenvalue weighted by molar-refractivity contribution is -0.136. The van der Waals surface area contributed by atoms with Crippen LogP contribution in [0.25, 0.3) is 0 Å². The summed E-state index contributed by atoms with van der Waals surface area (Å²) in [7, 11) is 1.72. The Morgan fingerprint density at radius 2 is 1.91 bits per heavy atom. The molecule has 2 unspecified atom stereocenters. The van der Waals surface area contributed by atoms with E-state index < -0.39 is 0 Å². The number of nitrogens with zero attached hydrogens (tertiary/aromatic N) is 1. The quantitative estimate of drug-likeness (QED) is 0.896. The van der Waals surface area contributed by atoms with Gasteiger partial charge in [0.1, 0.15) is 5.75 Å². The van der Waals surface area contributed by atoms with E-state index in [0.717, 1.165) is 38.1 Å². The van der Waals surface area contributed by atoms with Crippen LogP contribution in [-0.4, -0.2) is 37.0 Å². The third kappa shape index (κ3) is 5.11. The number of rotatable bonds is 5. The number of likely N-dealkylation sites (tertiary alicyclic amines) is 1. The highest BCUT2D eigenvalue weighted by Crippen LogP contribution is 2.27. The summed E-state index contributed by atoms with van der Waals surface area (Å²) in [5.74, 6) is 1.69. The molecule has 4 nitrogen and oxygen atoms in total. The van der Waals surface area contributed by atoms with Crippen LogP contribution in [0, 0.1) is 11.8 Å². The normalized spacial score (nSPS) is 18.0. The summed E-state index contributed by atoms with van der Waals surface area (Å²) in [6.07, 6.45) is 3.12. The Balaban J connectivity index is 0.00000264. The Morgan fingerprint density at radius 3 is 2.48 bits per heavy atom.